The van der Waals surface area contributed by atoms with E-state index in [-0.39, 0.29) is 12.0 Å². The Balaban J connectivity index is 2.72. The van der Waals surface area contributed by atoms with E-state index in [1.165, 1.54) is 0 Å². The molecule has 18 heavy (non-hydrogen) atoms. The van der Waals surface area contributed by atoms with E-state index < -0.39 is 24.4 Å². The summed E-state index contributed by atoms with van der Waals surface area (Å²) in [7, 11) is 0. The Bertz CT molecular complexity index is 306. The van der Waals surface area contributed by atoms with Crippen LogP contribution >= 0.6 is 0 Å². The molecule has 1 fully saturated rings. The van der Waals surface area contributed by atoms with Crippen LogP contribution in [0.3, 0.4) is 0 Å². The molecule has 0 amide bonds. The van der Waals surface area contributed by atoms with Gasteiger partial charge in [-0.3, -0.25) is 0 Å². The molecule has 1 rings (SSSR count). The molecule has 4 unspecified atom stereocenters. The lowest BCUT2D eigenvalue weighted by Gasteiger charge is -2.26. The van der Waals surface area contributed by atoms with Crippen LogP contribution in [0.25, 0.3) is 0 Å². The van der Waals surface area contributed by atoms with Crippen LogP contribution < -0.4 is 0 Å². The van der Waals surface area contributed by atoms with Gasteiger partial charge in [0.05, 0.1) is 0 Å². The van der Waals surface area contributed by atoms with Gasteiger partial charge in [-0.1, -0.05) is 6.42 Å². The van der Waals surface area contributed by atoms with Crippen molar-refractivity contribution in [3.05, 3.63) is 11.3 Å². The van der Waals surface area contributed by atoms with E-state index in [2.05, 4.69) is 0 Å². The van der Waals surface area contributed by atoms with Crippen LogP contribution in [-0.2, 0) is 4.79 Å². The summed E-state index contributed by atoms with van der Waals surface area (Å²) in [5.41, 5.74) is 0.653. The predicted octanol–water partition coefficient (Wildman–Crippen LogP) is -0.595. The van der Waals surface area contributed by atoms with Gasteiger partial charge in [0.1, 0.15) is 30.2 Å². The Labute approximate surface area is 105 Å². The molecule has 0 aliphatic heterocycles. The molecule has 4 atom stereocenters. The third kappa shape index (κ3) is 3.52. The van der Waals surface area contributed by atoms with Crippen LogP contribution in [0, 0.1) is 0 Å². The van der Waals surface area contributed by atoms with E-state index in [1.54, 1.807) is 0 Å². The maximum absolute atomic E-state index is 10.3. The highest BCUT2D eigenvalue weighted by molar-refractivity contribution is 5.56. The zero-order valence-electron chi connectivity index (χ0n) is 10.1. The third-order valence-electron chi connectivity index (χ3n) is 3.26. The normalized spacial score (nSPS) is 23.0. The van der Waals surface area contributed by atoms with Crippen molar-refractivity contribution in [3.63, 3.8) is 0 Å². The van der Waals surface area contributed by atoms with Crippen LogP contribution in [0.15, 0.2) is 11.3 Å². The molecule has 0 bridgehead atoms. The largest absolute Gasteiger partial charge is 0.509 e. The average molecular weight is 260 g/mol. The number of hydrogen-bond acceptors (Lipinski definition) is 6. The van der Waals surface area contributed by atoms with Gasteiger partial charge >= 0.3 is 0 Å². The minimum Gasteiger partial charge on any atom is -0.509 e. The highest BCUT2D eigenvalue weighted by Gasteiger charge is 2.33. The lowest BCUT2D eigenvalue weighted by Crippen LogP contribution is -2.46. The zero-order valence-corrected chi connectivity index (χ0v) is 10.1. The van der Waals surface area contributed by atoms with Crippen molar-refractivity contribution < 1.29 is 30.3 Å². The van der Waals surface area contributed by atoms with Crippen molar-refractivity contribution in [3.8, 4) is 0 Å². The molecule has 1 aliphatic rings. The van der Waals surface area contributed by atoms with E-state index >= 15 is 0 Å². The van der Waals surface area contributed by atoms with Gasteiger partial charge in [-0.05, 0) is 31.3 Å². The average Bonchev–Trinajstić information content (AvgIpc) is 2.44. The molecule has 0 radical (unpaired) electrons. The molecular formula is C12H20O6. The minimum atomic E-state index is -1.83. The molecule has 1 aliphatic carbocycles. The van der Waals surface area contributed by atoms with Gasteiger partial charge in [-0.25, -0.2) is 0 Å². The summed E-state index contributed by atoms with van der Waals surface area (Å²) in [6.45, 7) is 0. The molecule has 0 aromatic rings. The Morgan fingerprint density at radius 1 is 1.00 bits per heavy atom. The topological polar surface area (TPSA) is 118 Å². The summed E-state index contributed by atoms with van der Waals surface area (Å²) in [5.74, 6) is -0.362. The molecule has 6 heteroatoms. The fraction of sp³-hybridized carbons (Fsp3) is 0.750. The summed E-state index contributed by atoms with van der Waals surface area (Å²) in [4.78, 5) is 10.3. The first kappa shape index (κ1) is 15.1. The van der Waals surface area contributed by atoms with Crippen LogP contribution in [0.1, 0.15) is 32.1 Å². The van der Waals surface area contributed by atoms with E-state index in [9.17, 15) is 25.2 Å². The lowest BCUT2D eigenvalue weighted by molar-refractivity contribution is -0.133. The summed E-state index contributed by atoms with van der Waals surface area (Å²) in [6.07, 6.45) is -2.91. The minimum absolute atomic E-state index is 0.0609. The predicted molar refractivity (Wildman–Crippen MR) is 62.8 cm³/mol. The number of aliphatic hydroxyl groups excluding tert-OH is 5. The first-order valence-corrected chi connectivity index (χ1v) is 6.07. The zero-order chi connectivity index (χ0) is 13.7. The molecule has 5 N–H and O–H groups in total. The standard InChI is InChI=1S/C12H20O6/c13-6-8(14)10(16)12(18)11(17)9(15)7-4-2-1-3-5-7/h6,8,10-12,14-18H,1-5H2. The summed E-state index contributed by atoms with van der Waals surface area (Å²) in [5, 5.41) is 47.5. The summed E-state index contributed by atoms with van der Waals surface area (Å²) >= 11 is 0. The monoisotopic (exact) mass is 260 g/mol. The van der Waals surface area contributed by atoms with Crippen LogP contribution in [0.5, 0.6) is 0 Å². The highest BCUT2D eigenvalue weighted by atomic mass is 16.4. The third-order valence-corrected chi connectivity index (χ3v) is 3.26. The Kier molecular flexibility index (Phi) is 5.74. The van der Waals surface area contributed by atoms with Crippen molar-refractivity contribution in [1.82, 2.24) is 0 Å². The van der Waals surface area contributed by atoms with Gasteiger partial charge in [0.25, 0.3) is 0 Å². The fourth-order valence-corrected chi connectivity index (χ4v) is 2.07. The second-order valence-corrected chi connectivity index (χ2v) is 4.60. The number of carbonyl (C=O) groups is 1. The molecule has 6 nitrogen and oxygen atoms in total. The Morgan fingerprint density at radius 3 is 2.06 bits per heavy atom. The van der Waals surface area contributed by atoms with Crippen LogP contribution in [-0.4, -0.2) is 56.2 Å². The van der Waals surface area contributed by atoms with Crippen LogP contribution in [0.4, 0.5) is 0 Å². The summed E-state index contributed by atoms with van der Waals surface area (Å²) in [6, 6.07) is 0. The van der Waals surface area contributed by atoms with Gasteiger partial charge in [0.15, 0.2) is 6.29 Å². The lowest BCUT2D eigenvalue weighted by atomic mass is 9.91. The number of aliphatic hydroxyl groups is 5. The number of carbonyl (C=O) groups excluding carboxylic acids is 1. The first-order chi connectivity index (χ1) is 8.49. The van der Waals surface area contributed by atoms with E-state index in [0.29, 0.717) is 18.4 Å². The number of rotatable bonds is 5. The maximum atomic E-state index is 10.3. The van der Waals surface area contributed by atoms with E-state index in [0.717, 1.165) is 19.3 Å². The number of hydrogen-bond donors (Lipinski definition) is 5. The van der Waals surface area contributed by atoms with E-state index in [1.807, 2.05) is 0 Å². The molecular weight excluding hydrogens is 240 g/mol. The van der Waals surface area contributed by atoms with Crippen molar-refractivity contribution >= 4 is 6.29 Å². The Hall–Kier alpha value is -0.950. The van der Waals surface area contributed by atoms with Crippen molar-refractivity contribution in [1.29, 1.82) is 0 Å². The molecule has 1 saturated carbocycles. The number of allylic oxidation sites excluding steroid dienone is 1. The highest BCUT2D eigenvalue weighted by Crippen LogP contribution is 2.27. The smallest absolute Gasteiger partial charge is 0.151 e. The first-order valence-electron chi connectivity index (χ1n) is 6.07. The van der Waals surface area contributed by atoms with Crippen LogP contribution in [0.2, 0.25) is 0 Å². The second kappa shape index (κ2) is 6.84. The molecule has 0 aromatic carbocycles. The van der Waals surface area contributed by atoms with Gasteiger partial charge in [-0.2, -0.15) is 0 Å². The molecule has 0 spiro atoms. The van der Waals surface area contributed by atoms with Gasteiger partial charge in [0.2, 0.25) is 0 Å². The van der Waals surface area contributed by atoms with Gasteiger partial charge < -0.3 is 30.3 Å². The van der Waals surface area contributed by atoms with E-state index in [4.69, 9.17) is 5.11 Å². The molecule has 104 valence electrons. The maximum Gasteiger partial charge on any atom is 0.151 e. The number of aldehydes is 1. The fourth-order valence-electron chi connectivity index (χ4n) is 2.07. The Morgan fingerprint density at radius 2 is 1.56 bits per heavy atom. The molecule has 0 saturated heterocycles. The van der Waals surface area contributed by atoms with Gasteiger partial charge in [0, 0.05) is 0 Å². The van der Waals surface area contributed by atoms with Gasteiger partial charge in [-0.15, -0.1) is 0 Å². The second-order valence-electron chi connectivity index (χ2n) is 4.60. The van der Waals surface area contributed by atoms with Crippen molar-refractivity contribution in [2.45, 2.75) is 56.5 Å². The quantitative estimate of drug-likeness (QED) is 0.333. The molecule has 0 heterocycles. The summed E-state index contributed by atoms with van der Waals surface area (Å²) < 4.78 is 0. The van der Waals surface area contributed by atoms with Crippen molar-refractivity contribution in [2.75, 3.05) is 0 Å². The molecule has 0 aromatic heterocycles. The van der Waals surface area contributed by atoms with Crippen molar-refractivity contribution in [2.24, 2.45) is 0 Å². The SMILES string of the molecule is O=CC(O)C(O)C(O)C(O)C(O)=C1CCCCC1.